The van der Waals surface area contributed by atoms with Crippen LogP contribution < -0.4 is 10.6 Å². The van der Waals surface area contributed by atoms with Gasteiger partial charge >= 0.3 is 0 Å². The van der Waals surface area contributed by atoms with Crippen molar-refractivity contribution in [2.24, 2.45) is 11.8 Å². The van der Waals surface area contributed by atoms with Gasteiger partial charge in [-0.2, -0.15) is 0 Å². The second kappa shape index (κ2) is 4.00. The molecule has 0 radical (unpaired) electrons. The lowest BCUT2D eigenvalue weighted by Crippen LogP contribution is -2.22. The number of nitrogens with zero attached hydrogens (tertiary/aromatic N) is 2. The van der Waals surface area contributed by atoms with Crippen molar-refractivity contribution in [1.82, 2.24) is 4.98 Å². The van der Waals surface area contributed by atoms with Gasteiger partial charge in [-0.3, -0.25) is 0 Å². The van der Waals surface area contributed by atoms with Crippen LogP contribution in [0.5, 0.6) is 0 Å². The van der Waals surface area contributed by atoms with Crippen molar-refractivity contribution >= 4 is 27.4 Å². The Balaban J connectivity index is 2.07. The summed E-state index contributed by atoms with van der Waals surface area (Å²) in [6, 6.07) is 1.90. The van der Waals surface area contributed by atoms with Gasteiger partial charge in [0.15, 0.2) is 0 Å². The van der Waals surface area contributed by atoms with Crippen LogP contribution in [0.1, 0.15) is 13.3 Å². The Hall–Kier alpha value is -0.770. The van der Waals surface area contributed by atoms with E-state index in [0.717, 1.165) is 28.7 Å². The number of pyridine rings is 1. The molecule has 2 unspecified atom stereocenters. The lowest BCUT2D eigenvalue weighted by molar-refractivity contribution is 0.718. The predicted octanol–water partition coefficient (Wildman–Crippen LogP) is 2.52. The number of hydrogen-bond donors (Lipinski definition) is 1. The molecule has 0 spiro atoms. The van der Waals surface area contributed by atoms with Gasteiger partial charge in [0.05, 0.1) is 16.4 Å². The van der Waals surface area contributed by atoms with Crippen LogP contribution in [0.4, 0.5) is 11.5 Å². The second-order valence-electron chi connectivity index (χ2n) is 4.43. The maximum atomic E-state index is 5.65. The molecule has 0 saturated heterocycles. The van der Waals surface area contributed by atoms with Crippen molar-refractivity contribution in [3.05, 3.63) is 16.7 Å². The summed E-state index contributed by atoms with van der Waals surface area (Å²) in [5.41, 5.74) is 6.35. The normalized spacial score (nSPS) is 23.9. The molecule has 1 aromatic heterocycles. The quantitative estimate of drug-likeness (QED) is 0.917. The van der Waals surface area contributed by atoms with Crippen molar-refractivity contribution in [3.63, 3.8) is 0 Å². The van der Waals surface area contributed by atoms with E-state index in [4.69, 9.17) is 5.73 Å². The van der Waals surface area contributed by atoms with Crippen molar-refractivity contribution < 1.29 is 0 Å². The zero-order chi connectivity index (χ0) is 11.0. The first-order chi connectivity index (χ1) is 7.08. The third kappa shape index (κ3) is 2.43. The van der Waals surface area contributed by atoms with E-state index in [1.54, 1.807) is 6.20 Å². The smallest absolute Gasteiger partial charge is 0.142 e. The first-order valence-electron chi connectivity index (χ1n) is 5.20. The van der Waals surface area contributed by atoms with Crippen LogP contribution >= 0.6 is 15.9 Å². The van der Waals surface area contributed by atoms with E-state index in [2.05, 4.69) is 39.8 Å². The highest BCUT2D eigenvalue weighted by atomic mass is 79.9. The van der Waals surface area contributed by atoms with Gasteiger partial charge in [0.25, 0.3) is 0 Å². The SMILES string of the molecule is CC1CC1CN(C)c1ncc(N)cc1Br. The minimum absolute atomic E-state index is 0.693. The molecule has 1 aliphatic rings. The fourth-order valence-electron chi connectivity index (χ4n) is 1.82. The number of aromatic nitrogens is 1. The summed E-state index contributed by atoms with van der Waals surface area (Å²) in [4.78, 5) is 6.53. The molecule has 3 nitrogen and oxygen atoms in total. The maximum absolute atomic E-state index is 5.65. The van der Waals surface area contributed by atoms with E-state index < -0.39 is 0 Å². The molecular weight excluding hydrogens is 254 g/mol. The first kappa shape index (κ1) is 10.7. The van der Waals surface area contributed by atoms with E-state index >= 15 is 0 Å². The summed E-state index contributed by atoms with van der Waals surface area (Å²) >= 11 is 3.49. The van der Waals surface area contributed by atoms with Crippen LogP contribution in [0, 0.1) is 11.8 Å². The summed E-state index contributed by atoms with van der Waals surface area (Å²) in [6.45, 7) is 3.38. The average molecular weight is 270 g/mol. The zero-order valence-electron chi connectivity index (χ0n) is 9.07. The van der Waals surface area contributed by atoms with Crippen LogP contribution in [-0.4, -0.2) is 18.6 Å². The maximum Gasteiger partial charge on any atom is 0.142 e. The molecule has 2 rings (SSSR count). The summed E-state index contributed by atoms with van der Waals surface area (Å²) in [5, 5.41) is 0. The molecule has 1 saturated carbocycles. The number of nitrogens with two attached hydrogens (primary N) is 1. The molecule has 0 aliphatic heterocycles. The largest absolute Gasteiger partial charge is 0.397 e. The Morgan fingerprint density at radius 2 is 2.33 bits per heavy atom. The number of nitrogen functional groups attached to an aromatic ring is 1. The number of anilines is 2. The van der Waals surface area contributed by atoms with Crippen LogP contribution in [0.2, 0.25) is 0 Å². The summed E-state index contributed by atoms with van der Waals surface area (Å²) in [7, 11) is 2.08. The van der Waals surface area contributed by atoms with Crippen LogP contribution in [0.15, 0.2) is 16.7 Å². The van der Waals surface area contributed by atoms with Crippen LogP contribution in [0.3, 0.4) is 0 Å². The monoisotopic (exact) mass is 269 g/mol. The van der Waals surface area contributed by atoms with Crippen molar-refractivity contribution in [2.45, 2.75) is 13.3 Å². The van der Waals surface area contributed by atoms with Gasteiger partial charge in [-0.1, -0.05) is 6.92 Å². The molecule has 1 fully saturated rings. The van der Waals surface area contributed by atoms with Crippen molar-refractivity contribution in [3.8, 4) is 0 Å². The van der Waals surface area contributed by atoms with Gasteiger partial charge in [0, 0.05) is 13.6 Å². The molecule has 0 amide bonds. The predicted molar refractivity (Wildman–Crippen MR) is 66.9 cm³/mol. The van der Waals surface area contributed by atoms with E-state index in [1.807, 2.05) is 6.07 Å². The van der Waals surface area contributed by atoms with E-state index in [-0.39, 0.29) is 0 Å². The molecule has 0 aromatic carbocycles. The molecular formula is C11H16BrN3. The molecule has 15 heavy (non-hydrogen) atoms. The van der Waals surface area contributed by atoms with E-state index in [9.17, 15) is 0 Å². The van der Waals surface area contributed by atoms with Crippen LogP contribution in [0.25, 0.3) is 0 Å². The molecule has 1 aromatic rings. The Morgan fingerprint density at radius 3 is 2.87 bits per heavy atom. The number of rotatable bonds is 3. The standard InChI is InChI=1S/C11H16BrN3/c1-7-3-8(7)6-15(2)11-10(12)4-9(13)5-14-11/h4-5,7-8H,3,6,13H2,1-2H3. The zero-order valence-corrected chi connectivity index (χ0v) is 10.7. The van der Waals surface area contributed by atoms with Gasteiger partial charge < -0.3 is 10.6 Å². The molecule has 1 heterocycles. The summed E-state index contributed by atoms with van der Waals surface area (Å²) < 4.78 is 0.971. The Kier molecular flexibility index (Phi) is 2.87. The highest BCUT2D eigenvalue weighted by Crippen LogP contribution is 2.39. The van der Waals surface area contributed by atoms with E-state index in [0.29, 0.717) is 5.69 Å². The lowest BCUT2D eigenvalue weighted by atomic mass is 10.3. The van der Waals surface area contributed by atoms with Crippen LogP contribution in [-0.2, 0) is 0 Å². The highest BCUT2D eigenvalue weighted by Gasteiger charge is 2.33. The van der Waals surface area contributed by atoms with Gasteiger partial charge in [-0.25, -0.2) is 4.98 Å². The number of halogens is 1. The van der Waals surface area contributed by atoms with Gasteiger partial charge in [-0.05, 0) is 40.3 Å². The molecule has 2 atom stereocenters. The summed E-state index contributed by atoms with van der Waals surface area (Å²) in [6.07, 6.45) is 3.05. The Bertz CT molecular complexity index is 367. The molecule has 1 aliphatic carbocycles. The molecule has 2 N–H and O–H groups in total. The third-order valence-electron chi connectivity index (χ3n) is 2.99. The second-order valence-corrected chi connectivity index (χ2v) is 5.28. The van der Waals surface area contributed by atoms with E-state index in [1.165, 1.54) is 6.42 Å². The fourth-order valence-corrected chi connectivity index (χ4v) is 2.49. The number of hydrogen-bond acceptors (Lipinski definition) is 3. The highest BCUT2D eigenvalue weighted by molar-refractivity contribution is 9.10. The lowest BCUT2D eigenvalue weighted by Gasteiger charge is -2.19. The minimum atomic E-state index is 0.693. The Morgan fingerprint density at radius 1 is 1.67 bits per heavy atom. The van der Waals surface area contributed by atoms with Gasteiger partial charge in [0.2, 0.25) is 0 Å². The Labute approximate surface area is 98.8 Å². The summed E-state index contributed by atoms with van der Waals surface area (Å²) in [5.74, 6) is 2.68. The van der Waals surface area contributed by atoms with Gasteiger partial charge in [-0.15, -0.1) is 0 Å². The average Bonchev–Trinajstić information content (AvgIpc) is 2.81. The van der Waals surface area contributed by atoms with Crippen molar-refractivity contribution in [1.29, 1.82) is 0 Å². The minimum Gasteiger partial charge on any atom is -0.397 e. The molecule has 82 valence electrons. The molecule has 0 bridgehead atoms. The fraction of sp³-hybridized carbons (Fsp3) is 0.545. The first-order valence-corrected chi connectivity index (χ1v) is 5.99. The van der Waals surface area contributed by atoms with Crippen molar-refractivity contribution in [2.75, 3.05) is 24.2 Å². The third-order valence-corrected chi connectivity index (χ3v) is 3.57. The molecule has 4 heteroatoms. The topological polar surface area (TPSA) is 42.2 Å². The van der Waals surface area contributed by atoms with Gasteiger partial charge in [0.1, 0.15) is 5.82 Å².